The maximum absolute atomic E-state index is 11.9. The summed E-state index contributed by atoms with van der Waals surface area (Å²) < 4.78 is 5.48. The van der Waals surface area contributed by atoms with E-state index in [0.717, 1.165) is 28.7 Å². The second kappa shape index (κ2) is 7.92. The Morgan fingerprint density at radius 3 is 3.00 bits per heavy atom. The molecule has 0 aromatic carbocycles. The molecule has 128 valence electrons. The average Bonchev–Trinajstić information content (AvgIpc) is 3.30. The van der Waals surface area contributed by atoms with Crippen molar-refractivity contribution in [2.45, 2.75) is 19.8 Å². The Labute approximate surface area is 149 Å². The van der Waals surface area contributed by atoms with Crippen molar-refractivity contribution in [3.8, 4) is 10.4 Å². The smallest absolute Gasteiger partial charge is 0.321 e. The number of thiazole rings is 1. The molecule has 24 heavy (non-hydrogen) atoms. The second-order valence-corrected chi connectivity index (χ2v) is 7.09. The van der Waals surface area contributed by atoms with Crippen molar-refractivity contribution < 1.29 is 9.53 Å². The normalized spacial score (nSPS) is 13.8. The minimum absolute atomic E-state index is 0.278. The van der Waals surface area contributed by atoms with Gasteiger partial charge in [-0.05, 0) is 37.8 Å². The number of ether oxygens (including phenoxy) is 1. The molecule has 0 radical (unpaired) electrons. The standard InChI is InChI=1S/C16H19ClN4O2S/c1-10-14(12-4-5-13(17)19-8-12)24-16(20-10)21-15(22)18-6-7-23-9-11-2-3-11/h4-5,8,11H,2-3,6-7,9H2,1H3,(H2,18,20,21,22). The Morgan fingerprint density at radius 2 is 2.29 bits per heavy atom. The third-order valence-electron chi connectivity index (χ3n) is 3.59. The van der Waals surface area contributed by atoms with Crippen molar-refractivity contribution in [3.05, 3.63) is 29.2 Å². The van der Waals surface area contributed by atoms with E-state index < -0.39 is 0 Å². The van der Waals surface area contributed by atoms with E-state index in [2.05, 4.69) is 20.6 Å². The molecule has 0 bridgehead atoms. The van der Waals surface area contributed by atoms with Gasteiger partial charge in [0.15, 0.2) is 5.13 Å². The summed E-state index contributed by atoms with van der Waals surface area (Å²) in [7, 11) is 0. The van der Waals surface area contributed by atoms with Crippen LogP contribution in [0.4, 0.5) is 9.93 Å². The fourth-order valence-electron chi connectivity index (χ4n) is 2.14. The molecule has 8 heteroatoms. The van der Waals surface area contributed by atoms with Crippen molar-refractivity contribution in [2.24, 2.45) is 5.92 Å². The number of carbonyl (C=O) groups excluding carboxylic acids is 1. The molecule has 0 saturated heterocycles. The molecule has 2 heterocycles. The third kappa shape index (κ3) is 4.90. The molecule has 2 aromatic rings. The predicted molar refractivity (Wildman–Crippen MR) is 95.7 cm³/mol. The van der Waals surface area contributed by atoms with E-state index >= 15 is 0 Å². The second-order valence-electron chi connectivity index (χ2n) is 5.70. The van der Waals surface area contributed by atoms with Gasteiger partial charge in [-0.25, -0.2) is 14.8 Å². The first kappa shape index (κ1) is 17.1. The van der Waals surface area contributed by atoms with Crippen molar-refractivity contribution in [3.63, 3.8) is 0 Å². The molecule has 3 rings (SSSR count). The molecule has 6 nitrogen and oxygen atoms in total. The first-order chi connectivity index (χ1) is 11.6. The lowest BCUT2D eigenvalue weighted by Gasteiger charge is -2.06. The van der Waals surface area contributed by atoms with Crippen LogP contribution in [0.3, 0.4) is 0 Å². The lowest BCUT2D eigenvalue weighted by atomic mass is 10.2. The number of hydrogen-bond donors (Lipinski definition) is 2. The van der Waals surface area contributed by atoms with E-state index in [1.54, 1.807) is 12.3 Å². The highest BCUT2D eigenvalue weighted by molar-refractivity contribution is 7.19. The van der Waals surface area contributed by atoms with Crippen LogP contribution in [0, 0.1) is 12.8 Å². The number of rotatable bonds is 7. The molecule has 1 aliphatic rings. The minimum Gasteiger partial charge on any atom is -0.379 e. The van der Waals surface area contributed by atoms with Gasteiger partial charge in [0.2, 0.25) is 0 Å². The van der Waals surface area contributed by atoms with Gasteiger partial charge in [0, 0.05) is 24.9 Å². The molecule has 0 atom stereocenters. The summed E-state index contributed by atoms with van der Waals surface area (Å²) in [6.07, 6.45) is 4.23. The SMILES string of the molecule is Cc1nc(NC(=O)NCCOCC2CC2)sc1-c1ccc(Cl)nc1. The van der Waals surface area contributed by atoms with Gasteiger partial charge in [0.1, 0.15) is 5.15 Å². The van der Waals surface area contributed by atoms with Crippen molar-refractivity contribution in [1.82, 2.24) is 15.3 Å². The largest absolute Gasteiger partial charge is 0.379 e. The van der Waals surface area contributed by atoms with Crippen LogP contribution in [0.1, 0.15) is 18.5 Å². The molecule has 1 saturated carbocycles. The summed E-state index contributed by atoms with van der Waals surface area (Å²) >= 11 is 7.21. The number of anilines is 1. The number of amides is 2. The maximum atomic E-state index is 11.9. The summed E-state index contributed by atoms with van der Waals surface area (Å²) in [4.78, 5) is 21.3. The molecule has 0 aliphatic heterocycles. The molecule has 2 N–H and O–H groups in total. The van der Waals surface area contributed by atoms with Crippen molar-refractivity contribution in [2.75, 3.05) is 25.1 Å². The number of halogens is 1. The van der Waals surface area contributed by atoms with E-state index in [9.17, 15) is 4.79 Å². The van der Waals surface area contributed by atoms with Crippen LogP contribution in [0.15, 0.2) is 18.3 Å². The highest BCUT2D eigenvalue weighted by atomic mass is 35.5. The number of pyridine rings is 1. The van der Waals surface area contributed by atoms with Crippen molar-refractivity contribution >= 4 is 34.1 Å². The summed E-state index contributed by atoms with van der Waals surface area (Å²) in [5, 5.41) is 6.51. The summed E-state index contributed by atoms with van der Waals surface area (Å²) in [5.74, 6) is 0.734. The molecule has 0 spiro atoms. The minimum atomic E-state index is -0.278. The van der Waals surface area contributed by atoms with Crippen LogP contribution >= 0.6 is 22.9 Å². The van der Waals surface area contributed by atoms with Crippen LogP contribution in [0.2, 0.25) is 5.15 Å². The Balaban J connectivity index is 1.48. The Bertz CT molecular complexity index is 701. The predicted octanol–water partition coefficient (Wildman–Crippen LogP) is 3.72. The van der Waals surface area contributed by atoms with Gasteiger partial charge in [-0.15, -0.1) is 0 Å². The number of urea groups is 1. The molecule has 2 amide bonds. The third-order valence-corrected chi connectivity index (χ3v) is 4.93. The zero-order valence-corrected chi connectivity index (χ0v) is 14.9. The fourth-order valence-corrected chi connectivity index (χ4v) is 3.20. The van der Waals surface area contributed by atoms with Crippen LogP contribution < -0.4 is 10.6 Å². The topological polar surface area (TPSA) is 76.1 Å². The number of nitrogens with one attached hydrogen (secondary N) is 2. The highest BCUT2D eigenvalue weighted by Crippen LogP contribution is 2.32. The van der Waals surface area contributed by atoms with Gasteiger partial charge in [0.25, 0.3) is 0 Å². The monoisotopic (exact) mass is 366 g/mol. The number of aromatic nitrogens is 2. The van der Waals surface area contributed by atoms with E-state index in [4.69, 9.17) is 16.3 Å². The van der Waals surface area contributed by atoms with Crippen LogP contribution in [-0.2, 0) is 4.74 Å². The summed E-state index contributed by atoms with van der Waals surface area (Å²) in [5.41, 5.74) is 1.77. The van der Waals surface area contributed by atoms with Crippen LogP contribution in [0.25, 0.3) is 10.4 Å². The van der Waals surface area contributed by atoms with Gasteiger partial charge in [-0.3, -0.25) is 5.32 Å². The summed E-state index contributed by atoms with van der Waals surface area (Å²) in [6.45, 7) is 3.71. The molecule has 0 unspecified atom stereocenters. The quantitative estimate of drug-likeness (QED) is 0.578. The lowest BCUT2D eigenvalue weighted by molar-refractivity contribution is 0.127. The zero-order chi connectivity index (χ0) is 16.9. The molecule has 2 aromatic heterocycles. The average molecular weight is 367 g/mol. The molecule has 1 aliphatic carbocycles. The molecule has 1 fully saturated rings. The lowest BCUT2D eigenvalue weighted by Crippen LogP contribution is -2.31. The van der Waals surface area contributed by atoms with E-state index in [1.165, 1.54) is 24.2 Å². The first-order valence-corrected chi connectivity index (χ1v) is 9.03. The molecular formula is C16H19ClN4O2S. The molecular weight excluding hydrogens is 348 g/mol. The van der Waals surface area contributed by atoms with Gasteiger partial charge >= 0.3 is 6.03 Å². The first-order valence-electron chi connectivity index (χ1n) is 7.84. The Morgan fingerprint density at radius 1 is 1.46 bits per heavy atom. The summed E-state index contributed by atoms with van der Waals surface area (Å²) in [6, 6.07) is 3.34. The van der Waals surface area contributed by atoms with Gasteiger partial charge < -0.3 is 10.1 Å². The van der Waals surface area contributed by atoms with E-state index in [-0.39, 0.29) is 6.03 Å². The number of aryl methyl sites for hydroxylation is 1. The van der Waals surface area contributed by atoms with Crippen LogP contribution in [-0.4, -0.2) is 35.8 Å². The van der Waals surface area contributed by atoms with Gasteiger partial charge in [0.05, 0.1) is 17.2 Å². The van der Waals surface area contributed by atoms with Gasteiger partial charge in [-0.2, -0.15) is 0 Å². The number of nitrogens with zero attached hydrogens (tertiary/aromatic N) is 2. The van der Waals surface area contributed by atoms with Crippen LogP contribution in [0.5, 0.6) is 0 Å². The maximum Gasteiger partial charge on any atom is 0.321 e. The van der Waals surface area contributed by atoms with Gasteiger partial charge in [-0.1, -0.05) is 22.9 Å². The van der Waals surface area contributed by atoms with E-state index in [0.29, 0.717) is 23.4 Å². The number of hydrogen-bond acceptors (Lipinski definition) is 5. The zero-order valence-electron chi connectivity index (χ0n) is 13.3. The Hall–Kier alpha value is -1.70. The highest BCUT2D eigenvalue weighted by Gasteiger charge is 2.20. The Kier molecular flexibility index (Phi) is 5.65. The van der Waals surface area contributed by atoms with E-state index in [1.807, 2.05) is 13.0 Å². The fraction of sp³-hybridized carbons (Fsp3) is 0.438. The van der Waals surface area contributed by atoms with Crippen molar-refractivity contribution in [1.29, 1.82) is 0 Å². The number of carbonyl (C=O) groups is 1.